The highest BCUT2D eigenvalue weighted by Gasteiger charge is 2.24. The number of carbonyl (C=O) groups is 3. The van der Waals surface area contributed by atoms with Crippen molar-refractivity contribution >= 4 is 29.7 Å². The zero-order valence-corrected chi connectivity index (χ0v) is 23.9. The van der Waals surface area contributed by atoms with Crippen LogP contribution in [0.4, 0.5) is 9.59 Å². The van der Waals surface area contributed by atoms with Gasteiger partial charge < -0.3 is 19.3 Å². The second-order valence-corrected chi connectivity index (χ2v) is 12.0. The van der Waals surface area contributed by atoms with Crippen LogP contribution in [0.15, 0.2) is 47.4 Å². The number of nitrogens with zero attached hydrogens (tertiary/aromatic N) is 2. The number of ketones is 1. The monoisotopic (exact) mass is 520 g/mol. The molecule has 0 aromatic heterocycles. The number of hydrogen-bond donors (Lipinski definition) is 0. The number of ether oxygens (including phenoxy) is 2. The molecule has 2 amide bonds. The first-order valence-corrected chi connectivity index (χ1v) is 13.4. The smallest absolute Gasteiger partial charge is 0.410 e. The molecule has 1 aromatic rings. The van der Waals surface area contributed by atoms with Gasteiger partial charge in [0.05, 0.1) is 0 Å². The summed E-state index contributed by atoms with van der Waals surface area (Å²) in [6.45, 7) is 19.1. The van der Waals surface area contributed by atoms with E-state index in [1.54, 1.807) is 21.6 Å². The third-order valence-electron chi connectivity index (χ3n) is 4.88. The van der Waals surface area contributed by atoms with Gasteiger partial charge >= 0.3 is 12.2 Å². The molecule has 1 heterocycles. The minimum absolute atomic E-state index is 0.0734. The Morgan fingerprint density at radius 3 is 2.00 bits per heavy atom. The van der Waals surface area contributed by atoms with Crippen molar-refractivity contribution in [2.75, 3.05) is 31.9 Å². The molecule has 0 aliphatic carbocycles. The second-order valence-electron chi connectivity index (χ2n) is 10.8. The fourth-order valence-corrected chi connectivity index (χ4v) is 3.93. The summed E-state index contributed by atoms with van der Waals surface area (Å²) < 4.78 is 10.7. The fraction of sp³-hybridized carbons (Fsp3) is 0.607. The van der Waals surface area contributed by atoms with E-state index in [1.165, 1.54) is 17.4 Å². The van der Waals surface area contributed by atoms with E-state index < -0.39 is 11.2 Å². The predicted octanol–water partition coefficient (Wildman–Crippen LogP) is 6.57. The number of benzene rings is 1. The van der Waals surface area contributed by atoms with E-state index in [0.29, 0.717) is 19.5 Å². The Morgan fingerprint density at radius 2 is 1.50 bits per heavy atom. The third-order valence-corrected chi connectivity index (χ3v) is 5.87. The zero-order valence-electron chi connectivity index (χ0n) is 23.1. The van der Waals surface area contributed by atoms with Crippen molar-refractivity contribution in [1.82, 2.24) is 9.80 Å². The first-order chi connectivity index (χ1) is 16.7. The molecule has 7 nitrogen and oxygen atoms in total. The molecule has 0 spiro atoms. The molecule has 8 heteroatoms. The highest BCUT2D eigenvalue weighted by molar-refractivity contribution is 7.99. The molecule has 1 aromatic carbocycles. The van der Waals surface area contributed by atoms with Crippen molar-refractivity contribution in [2.24, 2.45) is 0 Å². The summed E-state index contributed by atoms with van der Waals surface area (Å²) in [5.41, 5.74) is 0.300. The molecule has 2 rings (SSSR count). The fourth-order valence-electron chi connectivity index (χ4n) is 3.04. The second kappa shape index (κ2) is 14.9. The summed E-state index contributed by atoms with van der Waals surface area (Å²) in [6, 6.07) is 10.0. The lowest BCUT2D eigenvalue weighted by Crippen LogP contribution is -2.40. The zero-order chi connectivity index (χ0) is 27.4. The lowest BCUT2D eigenvalue weighted by atomic mass is 10.1. The predicted molar refractivity (Wildman–Crippen MR) is 146 cm³/mol. The largest absolute Gasteiger partial charge is 0.444 e. The van der Waals surface area contributed by atoms with Crippen LogP contribution in [0.5, 0.6) is 0 Å². The first-order valence-electron chi connectivity index (χ1n) is 12.5. The molecule has 0 unspecified atom stereocenters. The molecule has 0 radical (unpaired) electrons. The summed E-state index contributed by atoms with van der Waals surface area (Å²) in [4.78, 5) is 39.5. The van der Waals surface area contributed by atoms with Crippen LogP contribution < -0.4 is 0 Å². The highest BCUT2D eigenvalue weighted by atomic mass is 32.2. The van der Waals surface area contributed by atoms with Crippen molar-refractivity contribution < 1.29 is 23.9 Å². The van der Waals surface area contributed by atoms with Crippen LogP contribution in [0, 0.1) is 0 Å². The van der Waals surface area contributed by atoms with Crippen LogP contribution in [0.25, 0.3) is 0 Å². The molecule has 1 saturated heterocycles. The van der Waals surface area contributed by atoms with Gasteiger partial charge in [0.1, 0.15) is 17.0 Å². The van der Waals surface area contributed by atoms with Gasteiger partial charge in [-0.2, -0.15) is 0 Å². The Bertz CT molecular complexity index is 849. The maximum Gasteiger partial charge on any atom is 0.410 e. The molecular weight excluding hydrogens is 476 g/mol. The van der Waals surface area contributed by atoms with Gasteiger partial charge in [-0.1, -0.05) is 30.4 Å². The molecule has 0 saturated carbocycles. The molecule has 1 fully saturated rings. The van der Waals surface area contributed by atoms with Gasteiger partial charge in [0.25, 0.3) is 0 Å². The summed E-state index contributed by atoms with van der Waals surface area (Å²) in [6.07, 6.45) is 1.60. The van der Waals surface area contributed by atoms with E-state index in [4.69, 9.17) is 9.47 Å². The number of Topliss-reactive ketones (excluding diaryl/α,β-unsaturated/α-hetero) is 1. The van der Waals surface area contributed by atoms with Crippen LogP contribution in [-0.2, 0) is 14.3 Å². The van der Waals surface area contributed by atoms with Crippen molar-refractivity contribution in [2.45, 2.75) is 83.8 Å². The topological polar surface area (TPSA) is 76.2 Å². The van der Waals surface area contributed by atoms with Crippen LogP contribution in [0.2, 0.25) is 0 Å². The van der Waals surface area contributed by atoms with Crippen molar-refractivity contribution in [1.29, 1.82) is 0 Å². The van der Waals surface area contributed by atoms with Gasteiger partial charge in [-0.25, -0.2) is 9.59 Å². The van der Waals surface area contributed by atoms with E-state index in [9.17, 15) is 14.4 Å². The van der Waals surface area contributed by atoms with E-state index in [0.717, 1.165) is 31.7 Å². The molecule has 36 heavy (non-hydrogen) atoms. The van der Waals surface area contributed by atoms with Crippen molar-refractivity contribution in [3.05, 3.63) is 42.5 Å². The number of piperidine rings is 1. The number of likely N-dealkylation sites (tertiary alicyclic amines) is 1. The van der Waals surface area contributed by atoms with Gasteiger partial charge in [0.2, 0.25) is 0 Å². The summed E-state index contributed by atoms with van der Waals surface area (Å²) in [5, 5.41) is 0. The summed E-state index contributed by atoms with van der Waals surface area (Å²) in [7, 11) is 0. The van der Waals surface area contributed by atoms with Gasteiger partial charge in [-0.15, -0.1) is 11.8 Å². The Balaban J connectivity index is 0.000000397. The molecule has 1 aliphatic heterocycles. The Labute approximate surface area is 221 Å². The molecule has 202 valence electrons. The van der Waals surface area contributed by atoms with E-state index in [2.05, 4.69) is 6.58 Å². The van der Waals surface area contributed by atoms with E-state index >= 15 is 0 Å². The molecule has 0 atom stereocenters. The average Bonchev–Trinajstić information content (AvgIpc) is 2.75. The lowest BCUT2D eigenvalue weighted by molar-refractivity contribution is -0.117. The molecular formula is C28H44N2O5S. The van der Waals surface area contributed by atoms with E-state index in [-0.39, 0.29) is 18.0 Å². The minimum atomic E-state index is -0.530. The lowest BCUT2D eigenvalue weighted by Gasteiger charge is -2.30. The number of carbonyl (C=O) groups excluding carboxylic acids is 3. The van der Waals surface area contributed by atoms with Crippen molar-refractivity contribution in [3.8, 4) is 0 Å². The first kappa shape index (κ1) is 31.5. The number of thioether (sulfide) groups is 1. The SMILES string of the molecule is C=C1CCN(C(=O)OC(C)(C)C)CC1.CC(=O)CCN(CCSc1ccccc1)C(=O)OC(C)(C)C. The molecule has 0 N–H and O–H groups in total. The average molecular weight is 521 g/mol. The molecule has 0 bridgehead atoms. The van der Waals surface area contributed by atoms with Gasteiger partial charge in [0, 0.05) is 43.2 Å². The Kier molecular flexibility index (Phi) is 13.1. The quantitative estimate of drug-likeness (QED) is 0.299. The minimum Gasteiger partial charge on any atom is -0.444 e. The van der Waals surface area contributed by atoms with Crippen LogP contribution >= 0.6 is 11.8 Å². The standard InChI is InChI=1S/C17H25NO3S.C11H19NO2/c1-14(19)10-11-18(16(20)21-17(2,3)4)12-13-22-15-8-6-5-7-9-15;1-9-5-7-12(8-6-9)10(13)14-11(2,3)4/h5-9H,10-13H2,1-4H3;1,5-8H2,2-4H3. The Hall–Kier alpha value is -2.48. The Morgan fingerprint density at radius 1 is 0.944 bits per heavy atom. The number of rotatable bonds is 7. The number of amides is 2. The van der Waals surface area contributed by atoms with Crippen LogP contribution in [0.3, 0.4) is 0 Å². The van der Waals surface area contributed by atoms with Gasteiger partial charge in [0.15, 0.2) is 0 Å². The highest BCUT2D eigenvalue weighted by Crippen LogP contribution is 2.19. The van der Waals surface area contributed by atoms with E-state index in [1.807, 2.05) is 71.9 Å². The maximum absolute atomic E-state index is 12.2. The maximum atomic E-state index is 12.2. The summed E-state index contributed by atoms with van der Waals surface area (Å²) in [5.74, 6) is 0.838. The van der Waals surface area contributed by atoms with Gasteiger partial charge in [-0.3, -0.25) is 4.79 Å². The normalized spacial score (nSPS) is 13.9. The summed E-state index contributed by atoms with van der Waals surface area (Å²) >= 11 is 1.68. The molecule has 1 aliphatic rings. The third kappa shape index (κ3) is 14.8. The van der Waals surface area contributed by atoms with Gasteiger partial charge in [-0.05, 0) is 73.4 Å². The van der Waals surface area contributed by atoms with Crippen molar-refractivity contribution in [3.63, 3.8) is 0 Å². The van der Waals surface area contributed by atoms with Crippen LogP contribution in [0.1, 0.15) is 67.7 Å². The number of hydrogen-bond acceptors (Lipinski definition) is 6. The van der Waals surface area contributed by atoms with Crippen LogP contribution in [-0.4, -0.2) is 70.9 Å².